The number of halogens is 1. The zero-order valence-electron chi connectivity index (χ0n) is 30.0. The van der Waals surface area contributed by atoms with Crippen LogP contribution in [0.3, 0.4) is 0 Å². The van der Waals surface area contributed by atoms with Gasteiger partial charge in [-0.25, -0.2) is 4.68 Å². The number of fused-ring (bicyclic) bond motifs is 7. The third kappa shape index (κ3) is 5.12. The monoisotopic (exact) mass is 720 g/mol. The molecule has 0 saturated heterocycles. The van der Waals surface area contributed by atoms with Crippen LogP contribution in [-0.4, -0.2) is 43.8 Å². The molecule has 0 aliphatic heterocycles. The Labute approximate surface area is 295 Å². The highest BCUT2D eigenvalue weighted by Crippen LogP contribution is 2.75. The van der Waals surface area contributed by atoms with Gasteiger partial charge in [-0.3, -0.25) is 4.79 Å². The summed E-state index contributed by atoms with van der Waals surface area (Å²) >= 11 is 3.55. The molecule has 0 unspecified atom stereocenters. The normalized spacial score (nSPS) is 41.6. The summed E-state index contributed by atoms with van der Waals surface area (Å²) in [6.45, 7) is 15.6. The van der Waals surface area contributed by atoms with Gasteiger partial charge in [0.05, 0.1) is 37.4 Å². The smallest absolute Gasteiger partial charge is 0.227 e. The van der Waals surface area contributed by atoms with Crippen molar-refractivity contribution in [3.8, 4) is 0 Å². The molecule has 4 saturated carbocycles. The van der Waals surface area contributed by atoms with Crippen molar-refractivity contribution in [2.24, 2.45) is 50.2 Å². The summed E-state index contributed by atoms with van der Waals surface area (Å²) in [5.74, 6) is 1.22. The summed E-state index contributed by atoms with van der Waals surface area (Å²) in [5, 5.41) is 33.8. The maximum atomic E-state index is 14.5. The largest absolute Gasteiger partial charge is 0.396 e. The number of benzene rings is 1. The van der Waals surface area contributed by atoms with Crippen molar-refractivity contribution in [1.82, 2.24) is 20.3 Å². The summed E-state index contributed by atoms with van der Waals surface area (Å²) in [6, 6.07) is 8.20. The summed E-state index contributed by atoms with van der Waals surface area (Å²) < 4.78 is 2.88. The number of aromatic nitrogens is 3. The van der Waals surface area contributed by atoms with E-state index in [2.05, 4.69) is 91.3 Å². The molecule has 0 bridgehead atoms. The molecule has 4 fully saturated rings. The van der Waals surface area contributed by atoms with Crippen molar-refractivity contribution in [3.05, 3.63) is 57.8 Å². The molecule has 0 radical (unpaired) electrons. The summed E-state index contributed by atoms with van der Waals surface area (Å²) in [4.78, 5) is 14.5. The number of carbonyl (C=O) groups excluding carboxylic acids is 1. The summed E-state index contributed by atoms with van der Waals surface area (Å²) in [7, 11) is 0. The zero-order valence-corrected chi connectivity index (χ0v) is 31.6. The Morgan fingerprint density at radius 1 is 1.02 bits per heavy atom. The second-order valence-corrected chi connectivity index (χ2v) is 19.2. The SMILES string of the molecule is CC1(C)CC[C@]2(C(=O)NCc3cn(Cc4cccc(Br)c4)nn3)CC[C@]3(C)C(=CC[C@@H]4[C@@]5(C)CC[C@H](O)[C@@](C)(CO)[C@@H]5CC[C@]43C)[C@@H]2C1. The fourth-order valence-electron chi connectivity index (χ4n) is 12.3. The number of carbonyl (C=O) groups is 1. The van der Waals surface area contributed by atoms with Crippen LogP contribution in [0.2, 0.25) is 0 Å². The van der Waals surface area contributed by atoms with Gasteiger partial charge in [-0.15, -0.1) is 5.10 Å². The van der Waals surface area contributed by atoms with E-state index >= 15 is 0 Å². The first kappa shape index (κ1) is 34.4. The van der Waals surface area contributed by atoms with Gasteiger partial charge in [-0.1, -0.05) is 86.5 Å². The second-order valence-electron chi connectivity index (χ2n) is 18.3. The molecule has 9 atom stereocenters. The Bertz CT molecular complexity index is 1600. The van der Waals surface area contributed by atoms with Crippen molar-refractivity contribution in [3.63, 3.8) is 0 Å². The lowest BCUT2D eigenvalue weighted by molar-refractivity contribution is -0.215. The molecule has 8 heteroatoms. The molecule has 262 valence electrons. The van der Waals surface area contributed by atoms with Gasteiger partial charge in [0.15, 0.2) is 0 Å². The van der Waals surface area contributed by atoms with Crippen LogP contribution >= 0.6 is 15.9 Å². The van der Waals surface area contributed by atoms with Crippen molar-refractivity contribution in [2.45, 2.75) is 125 Å². The number of allylic oxidation sites excluding steroid dienone is 2. The molecule has 2 aromatic rings. The van der Waals surface area contributed by atoms with Gasteiger partial charge < -0.3 is 15.5 Å². The molecule has 48 heavy (non-hydrogen) atoms. The molecule has 1 aromatic carbocycles. The molecule has 5 aliphatic carbocycles. The number of hydrogen-bond acceptors (Lipinski definition) is 5. The van der Waals surface area contributed by atoms with Crippen molar-refractivity contribution in [2.75, 3.05) is 6.61 Å². The van der Waals surface area contributed by atoms with Gasteiger partial charge in [-0.05, 0) is 121 Å². The Morgan fingerprint density at radius 2 is 1.79 bits per heavy atom. The number of aliphatic hydroxyl groups is 2. The zero-order chi connectivity index (χ0) is 34.3. The van der Waals surface area contributed by atoms with Gasteiger partial charge in [0.25, 0.3) is 0 Å². The lowest BCUT2D eigenvalue weighted by atomic mass is 9.33. The lowest BCUT2D eigenvalue weighted by Crippen LogP contribution is -2.66. The van der Waals surface area contributed by atoms with Crippen LogP contribution in [0.4, 0.5) is 0 Å². The van der Waals surface area contributed by atoms with E-state index in [0.717, 1.165) is 79.9 Å². The van der Waals surface area contributed by atoms with Gasteiger partial charge in [0, 0.05) is 9.89 Å². The quantitative estimate of drug-likeness (QED) is 0.264. The van der Waals surface area contributed by atoms with E-state index < -0.39 is 16.9 Å². The van der Waals surface area contributed by atoms with Crippen molar-refractivity contribution < 1.29 is 15.0 Å². The highest BCUT2D eigenvalue weighted by Gasteiger charge is 2.69. The number of aliphatic hydroxyl groups excluding tert-OH is 2. The molecular formula is C40H57BrN4O3. The minimum Gasteiger partial charge on any atom is -0.396 e. The van der Waals surface area contributed by atoms with E-state index in [0.29, 0.717) is 24.9 Å². The van der Waals surface area contributed by atoms with Crippen LogP contribution in [0.1, 0.15) is 117 Å². The predicted octanol–water partition coefficient (Wildman–Crippen LogP) is 7.84. The second kappa shape index (κ2) is 11.8. The van der Waals surface area contributed by atoms with E-state index in [9.17, 15) is 15.0 Å². The van der Waals surface area contributed by atoms with E-state index in [4.69, 9.17) is 0 Å². The highest BCUT2D eigenvalue weighted by molar-refractivity contribution is 9.10. The Hall–Kier alpha value is -2.03. The standard InChI is InChI=1S/C40H57BrN4O3/c1-35(2)16-18-40(34(48)42-22-28-24-45(44-43-28)23-26-8-7-9-27(41)20-26)19-17-38(5)29(30(40)21-35)10-11-32-36(3)14-13-33(47)37(4,25-46)31(36)12-15-39(32,38)6/h7-10,20,24,30-33,46-47H,11-19,21-23,25H2,1-6H3,(H,42,48)/t30-,31+,32+,33-,36-,37-,38+,39+,40-/m0/s1. The average Bonchev–Trinajstić information content (AvgIpc) is 3.49. The van der Waals surface area contributed by atoms with Gasteiger partial charge >= 0.3 is 0 Å². The topological polar surface area (TPSA) is 100 Å². The number of amides is 1. The van der Waals surface area contributed by atoms with Crippen LogP contribution in [0.25, 0.3) is 0 Å². The molecular weight excluding hydrogens is 664 g/mol. The van der Waals surface area contributed by atoms with Crippen molar-refractivity contribution >= 4 is 21.8 Å². The Balaban J connectivity index is 1.15. The predicted molar refractivity (Wildman–Crippen MR) is 192 cm³/mol. The highest BCUT2D eigenvalue weighted by atomic mass is 79.9. The van der Waals surface area contributed by atoms with Gasteiger partial charge in [0.2, 0.25) is 5.91 Å². The average molecular weight is 722 g/mol. The Morgan fingerprint density at radius 3 is 2.54 bits per heavy atom. The third-order valence-electron chi connectivity index (χ3n) is 15.5. The number of rotatable bonds is 6. The molecule has 5 aliphatic rings. The molecule has 1 heterocycles. The van der Waals surface area contributed by atoms with Crippen molar-refractivity contribution in [1.29, 1.82) is 0 Å². The summed E-state index contributed by atoms with van der Waals surface area (Å²) in [6.07, 6.45) is 14.0. The molecule has 1 amide bonds. The maximum absolute atomic E-state index is 14.5. The minimum atomic E-state index is -0.448. The number of hydrogen-bond donors (Lipinski definition) is 3. The molecule has 0 spiro atoms. The number of nitrogens with zero attached hydrogens (tertiary/aromatic N) is 3. The third-order valence-corrected chi connectivity index (χ3v) is 16.0. The van der Waals surface area contributed by atoms with Gasteiger partial charge in [0.1, 0.15) is 5.69 Å². The van der Waals surface area contributed by atoms with Crippen LogP contribution in [0.15, 0.2) is 46.6 Å². The van der Waals surface area contributed by atoms with E-state index in [-0.39, 0.29) is 40.1 Å². The molecule has 7 rings (SSSR count). The lowest BCUT2D eigenvalue weighted by Gasteiger charge is -2.71. The first-order valence-electron chi connectivity index (χ1n) is 18.5. The fourth-order valence-corrected chi connectivity index (χ4v) is 12.8. The fraction of sp³-hybridized carbons (Fsp3) is 0.725. The van der Waals surface area contributed by atoms with E-state index in [1.165, 1.54) is 0 Å². The van der Waals surface area contributed by atoms with Crippen LogP contribution in [-0.2, 0) is 17.9 Å². The van der Waals surface area contributed by atoms with Gasteiger partial charge in [-0.2, -0.15) is 0 Å². The number of nitrogens with one attached hydrogen (secondary N) is 1. The maximum Gasteiger partial charge on any atom is 0.227 e. The summed E-state index contributed by atoms with van der Waals surface area (Å²) in [5.41, 5.74) is 3.02. The molecule has 7 nitrogen and oxygen atoms in total. The first-order chi connectivity index (χ1) is 22.6. The van der Waals surface area contributed by atoms with E-state index in [1.807, 2.05) is 23.0 Å². The van der Waals surface area contributed by atoms with Crippen LogP contribution in [0.5, 0.6) is 0 Å². The van der Waals surface area contributed by atoms with Crippen LogP contribution < -0.4 is 5.32 Å². The van der Waals surface area contributed by atoms with E-state index in [1.54, 1.807) is 5.57 Å². The molecule has 1 aromatic heterocycles. The van der Waals surface area contributed by atoms with Crippen LogP contribution in [0, 0.1) is 50.2 Å². The first-order valence-corrected chi connectivity index (χ1v) is 19.3. The Kier molecular flexibility index (Phi) is 8.44. The molecule has 3 N–H and O–H groups in total. The minimum absolute atomic E-state index is 0.0204.